The summed E-state index contributed by atoms with van der Waals surface area (Å²) in [7, 11) is -1.91. The first-order valence-corrected chi connectivity index (χ1v) is 14.8. The number of anilines is 2. The number of benzene rings is 2. The highest BCUT2D eigenvalue weighted by Gasteiger charge is 2.22. The molecule has 0 aliphatic rings. The molecule has 0 aliphatic heterocycles. The normalized spacial score (nSPS) is 12.6. The number of rotatable bonds is 7. The second-order valence-electron chi connectivity index (χ2n) is 9.92. The van der Waals surface area contributed by atoms with Crippen LogP contribution in [0.25, 0.3) is 33.4 Å². The van der Waals surface area contributed by atoms with E-state index >= 15 is 0 Å². The predicted octanol–water partition coefficient (Wildman–Crippen LogP) is 4.30. The number of nitrogens with zero attached hydrogens (tertiary/aromatic N) is 6. The van der Waals surface area contributed by atoms with Gasteiger partial charge < -0.3 is 10.3 Å². The highest BCUT2D eigenvalue weighted by Crippen LogP contribution is 2.35. The molecule has 0 radical (unpaired) electrons. The van der Waals surface area contributed by atoms with Gasteiger partial charge in [0.1, 0.15) is 23.3 Å². The molecule has 12 heteroatoms. The van der Waals surface area contributed by atoms with E-state index in [0.717, 1.165) is 28.3 Å². The SMILES string of the molecule is Cc1ccn2nc(C(C)Nc3ncnc4[nH]cc(-c5cccc(N(C)S(C)(=O)=O)c5)c34)n(-c3ccccc3)c(=O)c12. The third kappa shape index (κ3) is 4.61. The van der Waals surface area contributed by atoms with Crippen molar-refractivity contribution < 1.29 is 8.42 Å². The van der Waals surface area contributed by atoms with Crippen molar-refractivity contribution in [3.05, 3.63) is 101 Å². The molecule has 41 heavy (non-hydrogen) atoms. The van der Waals surface area contributed by atoms with Crippen LogP contribution < -0.4 is 15.2 Å². The Balaban J connectivity index is 1.47. The van der Waals surface area contributed by atoms with Gasteiger partial charge in [0.25, 0.3) is 5.56 Å². The van der Waals surface area contributed by atoms with E-state index in [9.17, 15) is 13.2 Å². The Bertz CT molecular complexity index is 2080. The maximum absolute atomic E-state index is 13.8. The van der Waals surface area contributed by atoms with Crippen LogP contribution in [0, 0.1) is 6.92 Å². The van der Waals surface area contributed by atoms with Crippen LogP contribution in [-0.4, -0.2) is 50.9 Å². The van der Waals surface area contributed by atoms with Gasteiger partial charge in [0, 0.05) is 25.0 Å². The summed E-state index contributed by atoms with van der Waals surface area (Å²) < 4.78 is 28.8. The first-order valence-electron chi connectivity index (χ1n) is 12.9. The van der Waals surface area contributed by atoms with Crippen LogP contribution in [-0.2, 0) is 10.0 Å². The fourth-order valence-corrected chi connectivity index (χ4v) is 5.47. The van der Waals surface area contributed by atoms with Gasteiger partial charge in [0.05, 0.1) is 29.1 Å². The Morgan fingerprint density at radius 1 is 1.05 bits per heavy atom. The first kappa shape index (κ1) is 26.3. The molecule has 2 aromatic carbocycles. The van der Waals surface area contributed by atoms with Crippen molar-refractivity contribution in [2.45, 2.75) is 19.9 Å². The smallest absolute Gasteiger partial charge is 0.282 e. The molecule has 0 bridgehead atoms. The number of fused-ring (bicyclic) bond motifs is 2. The fraction of sp³-hybridized carbons (Fsp3) is 0.172. The van der Waals surface area contributed by atoms with Crippen LogP contribution in [0.2, 0.25) is 0 Å². The van der Waals surface area contributed by atoms with Gasteiger partial charge in [-0.2, -0.15) is 5.10 Å². The molecular weight excluding hydrogens is 540 g/mol. The summed E-state index contributed by atoms with van der Waals surface area (Å²) in [6, 6.07) is 18.1. The number of hydrogen-bond donors (Lipinski definition) is 2. The molecule has 208 valence electrons. The Kier molecular flexibility index (Phi) is 6.34. The van der Waals surface area contributed by atoms with E-state index in [1.54, 1.807) is 27.4 Å². The molecule has 0 fully saturated rings. The minimum atomic E-state index is -3.43. The summed E-state index contributed by atoms with van der Waals surface area (Å²) in [6.07, 6.45) is 6.23. The number of H-pyrrole nitrogens is 1. The molecule has 2 N–H and O–H groups in total. The summed E-state index contributed by atoms with van der Waals surface area (Å²) >= 11 is 0. The zero-order valence-electron chi connectivity index (χ0n) is 22.9. The van der Waals surface area contributed by atoms with Gasteiger partial charge in [-0.3, -0.25) is 13.7 Å². The van der Waals surface area contributed by atoms with Crippen LogP contribution in [0.5, 0.6) is 0 Å². The zero-order chi connectivity index (χ0) is 28.9. The standard InChI is InChI=1S/C29H28N8O3S/c1-18-13-14-36-25(18)29(38)37(21-10-6-5-7-11-21)28(34-36)19(2)33-27-24-23(16-30-26(24)31-17-32-27)20-9-8-12-22(15-20)35(3)41(4,39)40/h5-17,19H,1-4H3,(H2,30,31,32,33). The van der Waals surface area contributed by atoms with E-state index in [1.165, 1.54) is 17.7 Å². The van der Waals surface area contributed by atoms with Crippen molar-refractivity contribution in [2.75, 3.05) is 22.9 Å². The number of aromatic nitrogens is 6. The van der Waals surface area contributed by atoms with Crippen LogP contribution in [0.1, 0.15) is 24.4 Å². The average molecular weight is 569 g/mol. The van der Waals surface area contributed by atoms with Gasteiger partial charge in [-0.05, 0) is 55.3 Å². The summed E-state index contributed by atoms with van der Waals surface area (Å²) in [5.74, 6) is 1.04. The van der Waals surface area contributed by atoms with Crippen LogP contribution in [0.4, 0.5) is 11.5 Å². The number of aryl methyl sites for hydroxylation is 1. The van der Waals surface area contributed by atoms with Gasteiger partial charge >= 0.3 is 0 Å². The second kappa shape index (κ2) is 9.89. The fourth-order valence-electron chi connectivity index (χ4n) is 4.97. The molecule has 1 atom stereocenters. The average Bonchev–Trinajstić information content (AvgIpc) is 3.57. The second-order valence-corrected chi connectivity index (χ2v) is 11.9. The Morgan fingerprint density at radius 3 is 2.59 bits per heavy atom. The Hall–Kier alpha value is -4.97. The number of para-hydroxylation sites is 1. The van der Waals surface area contributed by atoms with E-state index in [2.05, 4.69) is 20.3 Å². The van der Waals surface area contributed by atoms with Gasteiger partial charge in [-0.1, -0.05) is 30.3 Å². The maximum atomic E-state index is 13.8. The van der Waals surface area contributed by atoms with Crippen LogP contribution in [0.3, 0.4) is 0 Å². The van der Waals surface area contributed by atoms with Crippen molar-refractivity contribution in [3.8, 4) is 16.8 Å². The van der Waals surface area contributed by atoms with Gasteiger partial charge in [0.15, 0.2) is 5.82 Å². The van der Waals surface area contributed by atoms with E-state index in [-0.39, 0.29) is 5.56 Å². The Labute approximate surface area is 236 Å². The molecule has 0 saturated carbocycles. The summed E-state index contributed by atoms with van der Waals surface area (Å²) in [5, 5.41) is 9.02. The van der Waals surface area contributed by atoms with Crippen LogP contribution in [0.15, 0.2) is 84.2 Å². The van der Waals surface area contributed by atoms with Crippen molar-refractivity contribution in [1.82, 2.24) is 29.1 Å². The third-order valence-corrected chi connectivity index (χ3v) is 8.36. The molecule has 6 aromatic rings. The lowest BCUT2D eigenvalue weighted by Gasteiger charge is -2.20. The van der Waals surface area contributed by atoms with Crippen molar-refractivity contribution >= 4 is 38.1 Å². The monoisotopic (exact) mass is 568 g/mol. The molecule has 0 saturated heterocycles. The molecule has 6 rings (SSSR count). The minimum absolute atomic E-state index is 0.167. The minimum Gasteiger partial charge on any atom is -0.360 e. The van der Waals surface area contributed by atoms with Gasteiger partial charge in [0.2, 0.25) is 10.0 Å². The number of nitrogens with one attached hydrogen (secondary N) is 2. The molecule has 0 aliphatic carbocycles. The predicted molar refractivity (Wildman–Crippen MR) is 160 cm³/mol. The summed E-state index contributed by atoms with van der Waals surface area (Å²) in [4.78, 5) is 25.9. The van der Waals surface area contributed by atoms with E-state index in [0.29, 0.717) is 34.2 Å². The maximum Gasteiger partial charge on any atom is 0.282 e. The molecule has 1 unspecified atom stereocenters. The van der Waals surface area contributed by atoms with Crippen LogP contribution >= 0.6 is 0 Å². The molecule has 0 amide bonds. The lowest BCUT2D eigenvalue weighted by Crippen LogP contribution is -2.29. The number of aromatic amines is 1. The zero-order valence-corrected chi connectivity index (χ0v) is 23.7. The van der Waals surface area contributed by atoms with Crippen molar-refractivity contribution in [1.29, 1.82) is 0 Å². The molecule has 11 nitrogen and oxygen atoms in total. The van der Waals surface area contributed by atoms with Gasteiger partial charge in [-0.15, -0.1) is 0 Å². The van der Waals surface area contributed by atoms with E-state index in [1.807, 2.05) is 68.6 Å². The Morgan fingerprint density at radius 2 is 1.83 bits per heavy atom. The van der Waals surface area contributed by atoms with Crippen molar-refractivity contribution in [2.24, 2.45) is 0 Å². The lowest BCUT2D eigenvalue weighted by atomic mass is 10.1. The first-order chi connectivity index (χ1) is 19.6. The summed E-state index contributed by atoms with van der Waals surface area (Å²) in [6.45, 7) is 3.81. The molecule has 0 spiro atoms. The largest absolute Gasteiger partial charge is 0.360 e. The molecular formula is C29H28N8O3S. The molecule has 4 aromatic heterocycles. The van der Waals surface area contributed by atoms with E-state index in [4.69, 9.17) is 5.10 Å². The summed E-state index contributed by atoms with van der Waals surface area (Å²) in [5.41, 5.74) is 4.63. The van der Waals surface area contributed by atoms with Crippen molar-refractivity contribution in [3.63, 3.8) is 0 Å². The highest BCUT2D eigenvalue weighted by atomic mass is 32.2. The number of sulfonamides is 1. The molecule has 4 heterocycles. The topological polar surface area (TPSA) is 130 Å². The third-order valence-electron chi connectivity index (χ3n) is 7.16. The quantitative estimate of drug-likeness (QED) is 0.294. The lowest BCUT2D eigenvalue weighted by molar-refractivity contribution is 0.600. The highest BCUT2D eigenvalue weighted by molar-refractivity contribution is 7.92. The van der Waals surface area contributed by atoms with E-state index < -0.39 is 16.1 Å². The number of hydrogen-bond acceptors (Lipinski definition) is 7. The van der Waals surface area contributed by atoms with Gasteiger partial charge in [-0.25, -0.2) is 22.9 Å².